The molecule has 0 amide bonds. The van der Waals surface area contributed by atoms with Crippen LogP contribution in [0.3, 0.4) is 0 Å². The molecule has 1 aromatic carbocycles. The summed E-state index contributed by atoms with van der Waals surface area (Å²) in [7, 11) is 0. The molecule has 0 fully saturated rings. The molecule has 18 heavy (non-hydrogen) atoms. The van der Waals surface area contributed by atoms with Gasteiger partial charge in [-0.25, -0.2) is 14.4 Å². The largest absolute Gasteiger partial charge is 0.387 e. The maximum atomic E-state index is 12.7. The number of hydrogen-bond acceptors (Lipinski definition) is 4. The van der Waals surface area contributed by atoms with Crippen LogP contribution < -0.4 is 5.32 Å². The van der Waals surface area contributed by atoms with Crippen molar-refractivity contribution in [3.8, 4) is 0 Å². The third-order valence-electron chi connectivity index (χ3n) is 2.54. The van der Waals surface area contributed by atoms with E-state index in [-0.39, 0.29) is 5.82 Å². The molecule has 94 valence electrons. The number of aliphatic hydroxyl groups excluding tert-OH is 1. The molecule has 0 radical (unpaired) electrons. The Morgan fingerprint density at radius 2 is 2.00 bits per heavy atom. The maximum Gasteiger partial charge on any atom is 0.123 e. The Morgan fingerprint density at radius 3 is 2.67 bits per heavy atom. The zero-order valence-electron chi connectivity index (χ0n) is 9.75. The number of aromatic nitrogens is 2. The lowest BCUT2D eigenvalue weighted by atomic mass is 10.1. The fourth-order valence-corrected chi connectivity index (χ4v) is 1.56. The lowest BCUT2D eigenvalue weighted by molar-refractivity contribution is 0.174. The minimum Gasteiger partial charge on any atom is -0.387 e. The van der Waals surface area contributed by atoms with Crippen molar-refractivity contribution in [2.24, 2.45) is 0 Å². The molecule has 0 saturated carbocycles. The van der Waals surface area contributed by atoms with E-state index in [9.17, 15) is 9.50 Å². The molecule has 2 rings (SSSR count). The van der Waals surface area contributed by atoms with E-state index in [0.29, 0.717) is 18.7 Å². The van der Waals surface area contributed by atoms with Gasteiger partial charge in [0.2, 0.25) is 0 Å². The Hall–Kier alpha value is -1.85. The second kappa shape index (κ2) is 6.18. The lowest BCUT2D eigenvalue weighted by Gasteiger charge is -2.11. The van der Waals surface area contributed by atoms with Crippen LogP contribution in [-0.4, -0.2) is 21.6 Å². The summed E-state index contributed by atoms with van der Waals surface area (Å²) in [6, 6.07) is 7.63. The highest BCUT2D eigenvalue weighted by Crippen LogP contribution is 2.12. The predicted molar refractivity (Wildman–Crippen MR) is 65.1 cm³/mol. The maximum absolute atomic E-state index is 12.7. The van der Waals surface area contributed by atoms with Crippen LogP contribution in [0.5, 0.6) is 0 Å². The van der Waals surface area contributed by atoms with Gasteiger partial charge in [-0.05, 0) is 23.8 Å². The summed E-state index contributed by atoms with van der Waals surface area (Å²) in [5, 5.41) is 13.0. The molecule has 1 atom stereocenters. The first kappa shape index (κ1) is 12.6. The molecule has 0 spiro atoms. The van der Waals surface area contributed by atoms with Crippen LogP contribution in [0.2, 0.25) is 0 Å². The minimum absolute atomic E-state index is 0.306. The Kier molecular flexibility index (Phi) is 4.33. The van der Waals surface area contributed by atoms with Crippen LogP contribution in [-0.2, 0) is 6.54 Å². The van der Waals surface area contributed by atoms with Crippen LogP contribution >= 0.6 is 0 Å². The summed E-state index contributed by atoms with van der Waals surface area (Å²) in [6.45, 7) is 0.941. The van der Waals surface area contributed by atoms with Crippen LogP contribution in [0.1, 0.15) is 17.4 Å². The average Bonchev–Trinajstić information content (AvgIpc) is 2.40. The van der Waals surface area contributed by atoms with E-state index < -0.39 is 6.10 Å². The Morgan fingerprint density at radius 1 is 1.22 bits per heavy atom. The lowest BCUT2D eigenvalue weighted by Crippen LogP contribution is -2.21. The molecule has 1 unspecified atom stereocenters. The number of benzene rings is 1. The number of hydrogen-bond donors (Lipinski definition) is 2. The van der Waals surface area contributed by atoms with Crippen molar-refractivity contribution in [2.75, 3.05) is 6.54 Å². The molecular formula is C13H14FN3O. The van der Waals surface area contributed by atoms with Gasteiger partial charge in [0.05, 0.1) is 11.8 Å². The van der Waals surface area contributed by atoms with E-state index in [1.807, 2.05) is 0 Å². The van der Waals surface area contributed by atoms with Gasteiger partial charge < -0.3 is 10.4 Å². The van der Waals surface area contributed by atoms with E-state index >= 15 is 0 Å². The summed E-state index contributed by atoms with van der Waals surface area (Å²) in [6.07, 6.45) is 2.49. The fraction of sp³-hybridized carbons (Fsp3) is 0.231. The number of nitrogens with one attached hydrogen (secondary N) is 1. The molecule has 2 aromatic rings. The van der Waals surface area contributed by atoms with Crippen molar-refractivity contribution >= 4 is 0 Å². The Labute approximate surface area is 105 Å². The first-order valence-corrected chi connectivity index (χ1v) is 5.65. The fourth-order valence-electron chi connectivity index (χ4n) is 1.56. The van der Waals surface area contributed by atoms with E-state index in [0.717, 1.165) is 5.69 Å². The highest BCUT2D eigenvalue weighted by molar-refractivity contribution is 5.18. The monoisotopic (exact) mass is 247 g/mol. The summed E-state index contributed by atoms with van der Waals surface area (Å²) in [5.41, 5.74) is 1.54. The van der Waals surface area contributed by atoms with Crippen molar-refractivity contribution < 1.29 is 9.50 Å². The first-order valence-electron chi connectivity index (χ1n) is 5.65. The predicted octanol–water partition coefficient (Wildman–Crippen LogP) is 1.44. The third-order valence-corrected chi connectivity index (χ3v) is 2.54. The highest BCUT2D eigenvalue weighted by Gasteiger charge is 2.06. The van der Waals surface area contributed by atoms with Crippen molar-refractivity contribution in [3.63, 3.8) is 0 Å². The van der Waals surface area contributed by atoms with E-state index in [2.05, 4.69) is 15.3 Å². The standard InChI is InChI=1S/C13H14FN3O/c14-11-3-1-10(2-4-11)13(18)8-16-7-12-5-6-15-9-17-12/h1-6,9,13,16,18H,7-8H2. The Balaban J connectivity index is 1.81. The van der Waals surface area contributed by atoms with Gasteiger partial charge >= 0.3 is 0 Å². The average molecular weight is 247 g/mol. The number of nitrogens with zero attached hydrogens (tertiary/aromatic N) is 2. The molecule has 0 aliphatic heterocycles. The molecule has 2 N–H and O–H groups in total. The van der Waals surface area contributed by atoms with Gasteiger partial charge in [0.25, 0.3) is 0 Å². The third kappa shape index (κ3) is 3.58. The second-order valence-electron chi connectivity index (χ2n) is 3.90. The van der Waals surface area contributed by atoms with Gasteiger partial charge in [0.1, 0.15) is 12.1 Å². The molecule has 1 aromatic heterocycles. The molecule has 0 bridgehead atoms. The van der Waals surface area contributed by atoms with Crippen LogP contribution in [0.25, 0.3) is 0 Å². The van der Waals surface area contributed by atoms with Crippen molar-refractivity contribution in [1.29, 1.82) is 0 Å². The zero-order chi connectivity index (χ0) is 12.8. The van der Waals surface area contributed by atoms with Crippen LogP contribution in [0.4, 0.5) is 4.39 Å². The number of aliphatic hydroxyl groups is 1. The molecule has 0 saturated heterocycles. The summed E-state index contributed by atoms with van der Waals surface area (Å²) >= 11 is 0. The van der Waals surface area contributed by atoms with Gasteiger partial charge in [-0.15, -0.1) is 0 Å². The van der Waals surface area contributed by atoms with E-state index in [1.165, 1.54) is 18.5 Å². The number of halogens is 1. The summed E-state index contributed by atoms with van der Waals surface area (Å²) in [4.78, 5) is 7.88. The summed E-state index contributed by atoms with van der Waals surface area (Å²) in [5.74, 6) is -0.306. The van der Waals surface area contributed by atoms with Crippen LogP contribution in [0, 0.1) is 5.82 Å². The topological polar surface area (TPSA) is 58.0 Å². The molecule has 1 heterocycles. The van der Waals surface area contributed by atoms with Crippen molar-refractivity contribution in [2.45, 2.75) is 12.6 Å². The Bertz CT molecular complexity index is 475. The number of rotatable bonds is 5. The molecule has 5 heteroatoms. The van der Waals surface area contributed by atoms with Gasteiger partial charge in [0, 0.05) is 19.3 Å². The molecular weight excluding hydrogens is 233 g/mol. The van der Waals surface area contributed by atoms with Gasteiger partial charge in [0.15, 0.2) is 0 Å². The highest BCUT2D eigenvalue weighted by atomic mass is 19.1. The summed E-state index contributed by atoms with van der Waals surface area (Å²) < 4.78 is 12.7. The molecule has 4 nitrogen and oxygen atoms in total. The quantitative estimate of drug-likeness (QED) is 0.839. The first-order chi connectivity index (χ1) is 8.75. The smallest absolute Gasteiger partial charge is 0.123 e. The van der Waals surface area contributed by atoms with Gasteiger partial charge in [-0.2, -0.15) is 0 Å². The van der Waals surface area contributed by atoms with E-state index in [4.69, 9.17) is 0 Å². The molecule has 0 aliphatic rings. The van der Waals surface area contributed by atoms with E-state index in [1.54, 1.807) is 24.4 Å². The van der Waals surface area contributed by atoms with Gasteiger partial charge in [-0.3, -0.25) is 0 Å². The van der Waals surface area contributed by atoms with Gasteiger partial charge in [-0.1, -0.05) is 12.1 Å². The minimum atomic E-state index is -0.660. The molecule has 0 aliphatic carbocycles. The van der Waals surface area contributed by atoms with Crippen molar-refractivity contribution in [3.05, 3.63) is 59.9 Å². The zero-order valence-corrected chi connectivity index (χ0v) is 9.75. The SMILES string of the molecule is OC(CNCc1ccncn1)c1ccc(F)cc1. The normalized spacial score (nSPS) is 12.3. The van der Waals surface area contributed by atoms with Crippen molar-refractivity contribution in [1.82, 2.24) is 15.3 Å². The van der Waals surface area contributed by atoms with Crippen LogP contribution in [0.15, 0.2) is 42.9 Å². The second-order valence-corrected chi connectivity index (χ2v) is 3.90.